The molecule has 3 aromatic carbocycles. The molecule has 0 atom stereocenters. The fourth-order valence-electron chi connectivity index (χ4n) is 4.27. The van der Waals surface area contributed by atoms with Gasteiger partial charge in [-0.25, -0.2) is 0 Å². The van der Waals surface area contributed by atoms with E-state index in [2.05, 4.69) is 9.95 Å². The molecular formula is C25H19Cl2N3O2S. The van der Waals surface area contributed by atoms with E-state index in [1.54, 1.807) is 23.5 Å². The van der Waals surface area contributed by atoms with Gasteiger partial charge in [0, 0.05) is 50.1 Å². The lowest BCUT2D eigenvalue weighted by Gasteiger charge is -2.09. The van der Waals surface area contributed by atoms with Crippen LogP contribution in [-0.2, 0) is 17.8 Å². The van der Waals surface area contributed by atoms with Crippen LogP contribution in [0.25, 0.3) is 32.1 Å². The minimum atomic E-state index is -0.875. The number of halogens is 2. The van der Waals surface area contributed by atoms with Crippen LogP contribution in [0.3, 0.4) is 0 Å². The summed E-state index contributed by atoms with van der Waals surface area (Å²) in [5, 5.41) is 14.6. The number of hydrogen-bond donors (Lipinski definition) is 3. The molecule has 33 heavy (non-hydrogen) atoms. The fourth-order valence-corrected chi connectivity index (χ4v) is 6.02. The highest BCUT2D eigenvalue weighted by Crippen LogP contribution is 2.37. The third-order valence-corrected chi connectivity index (χ3v) is 7.12. The first-order valence-corrected chi connectivity index (χ1v) is 11.8. The Kier molecular flexibility index (Phi) is 5.44. The number of aliphatic carboxylic acids is 1. The summed E-state index contributed by atoms with van der Waals surface area (Å²) in [5.41, 5.74) is 17.7. The van der Waals surface area contributed by atoms with Gasteiger partial charge in [-0.2, -0.15) is 0 Å². The van der Waals surface area contributed by atoms with Crippen molar-refractivity contribution in [2.45, 2.75) is 13.0 Å². The first-order valence-electron chi connectivity index (χ1n) is 10.1. The Morgan fingerprint density at radius 3 is 2.45 bits per heavy atom. The number of carboxylic acid groups (broad SMARTS) is 1. The number of anilines is 2. The minimum Gasteiger partial charge on any atom is -0.481 e. The first-order chi connectivity index (χ1) is 15.8. The maximum atomic E-state index is 11.5. The molecule has 166 valence electrons. The Morgan fingerprint density at radius 1 is 0.970 bits per heavy atom. The lowest BCUT2D eigenvalue weighted by Crippen LogP contribution is -2.00. The average Bonchev–Trinajstić information content (AvgIpc) is 3.28. The second-order valence-corrected chi connectivity index (χ2v) is 9.75. The Balaban J connectivity index is 1.66. The molecule has 0 aliphatic carbocycles. The monoisotopic (exact) mass is 495 g/mol. The van der Waals surface area contributed by atoms with Crippen LogP contribution < -0.4 is 11.5 Å². The number of carboxylic acids is 1. The molecule has 2 aromatic heterocycles. The highest BCUT2D eigenvalue weighted by molar-refractivity contribution is 7.17. The quantitative estimate of drug-likeness (QED) is 0.237. The maximum Gasteiger partial charge on any atom is 0.307 e. The smallest absolute Gasteiger partial charge is 0.307 e. The zero-order chi connectivity index (χ0) is 23.3. The van der Waals surface area contributed by atoms with Crippen LogP contribution in [0.1, 0.15) is 11.1 Å². The second-order valence-electron chi connectivity index (χ2n) is 7.99. The van der Waals surface area contributed by atoms with Crippen molar-refractivity contribution in [3.05, 3.63) is 81.3 Å². The first kappa shape index (κ1) is 21.6. The Bertz CT molecular complexity index is 1530. The number of nitrogens with two attached hydrogens (primary N) is 2. The van der Waals surface area contributed by atoms with Gasteiger partial charge in [0.05, 0.1) is 11.4 Å². The molecule has 0 aliphatic rings. The van der Waals surface area contributed by atoms with Gasteiger partial charge in [-0.1, -0.05) is 35.3 Å². The van der Waals surface area contributed by atoms with Gasteiger partial charge >= 0.3 is 5.97 Å². The van der Waals surface area contributed by atoms with Crippen molar-refractivity contribution >= 4 is 72.9 Å². The summed E-state index contributed by atoms with van der Waals surface area (Å²) in [5.74, 6) is -0.875. The molecule has 0 saturated carbocycles. The number of fused-ring (bicyclic) bond motifs is 2. The molecule has 0 spiro atoms. The zero-order valence-electron chi connectivity index (χ0n) is 17.3. The number of rotatable bonds is 5. The van der Waals surface area contributed by atoms with Gasteiger partial charge < -0.3 is 21.1 Å². The van der Waals surface area contributed by atoms with Crippen LogP contribution in [0.2, 0.25) is 10.0 Å². The molecule has 0 fully saturated rings. The topological polar surface area (TPSA) is 94.3 Å². The van der Waals surface area contributed by atoms with E-state index < -0.39 is 5.97 Å². The normalized spacial score (nSPS) is 11.5. The van der Waals surface area contributed by atoms with Crippen molar-refractivity contribution in [2.75, 3.05) is 11.5 Å². The second kappa shape index (κ2) is 8.30. The third kappa shape index (κ3) is 4.13. The number of nitrogen functional groups attached to an aromatic ring is 2. The maximum absolute atomic E-state index is 11.5. The van der Waals surface area contributed by atoms with E-state index in [9.17, 15) is 9.90 Å². The van der Waals surface area contributed by atoms with Crippen LogP contribution in [0.15, 0.2) is 60.1 Å². The van der Waals surface area contributed by atoms with E-state index in [0.29, 0.717) is 28.0 Å². The number of carbonyl (C=O) groups is 1. The molecule has 0 bridgehead atoms. The van der Waals surface area contributed by atoms with Gasteiger partial charge in [-0.3, -0.25) is 4.79 Å². The Labute approximate surface area is 203 Å². The number of benzene rings is 3. The molecule has 8 heteroatoms. The minimum absolute atomic E-state index is 0.0607. The van der Waals surface area contributed by atoms with Crippen molar-refractivity contribution in [3.63, 3.8) is 0 Å². The SMILES string of the molecule is Nc1cc(N)cc(-c2ccc3c(CC(=O)O)cn(Cc4csc5cc(Cl)cc(Cl)c45)c3c2)c1. The third-order valence-electron chi connectivity index (χ3n) is 5.63. The molecule has 0 unspecified atom stereocenters. The van der Waals surface area contributed by atoms with Crippen molar-refractivity contribution in [1.29, 1.82) is 0 Å². The molecule has 0 saturated heterocycles. The zero-order valence-corrected chi connectivity index (χ0v) is 19.6. The summed E-state index contributed by atoms with van der Waals surface area (Å²) >= 11 is 14.3. The highest BCUT2D eigenvalue weighted by atomic mass is 35.5. The van der Waals surface area contributed by atoms with E-state index in [1.807, 2.05) is 42.6 Å². The Hall–Kier alpha value is -3.19. The summed E-state index contributed by atoms with van der Waals surface area (Å²) in [6.45, 7) is 0.542. The van der Waals surface area contributed by atoms with Crippen molar-refractivity contribution in [2.24, 2.45) is 0 Å². The van der Waals surface area contributed by atoms with Gasteiger partial charge in [0.15, 0.2) is 0 Å². The molecule has 5 rings (SSSR count). The molecule has 2 heterocycles. The highest BCUT2D eigenvalue weighted by Gasteiger charge is 2.16. The van der Waals surface area contributed by atoms with Crippen LogP contribution in [0, 0.1) is 0 Å². The average molecular weight is 496 g/mol. The van der Waals surface area contributed by atoms with Gasteiger partial charge in [-0.15, -0.1) is 11.3 Å². The number of thiophene rings is 1. The summed E-state index contributed by atoms with van der Waals surface area (Å²) in [6.07, 6.45) is 1.85. The number of aromatic nitrogens is 1. The molecular weight excluding hydrogens is 477 g/mol. The lowest BCUT2D eigenvalue weighted by molar-refractivity contribution is -0.136. The van der Waals surface area contributed by atoms with Crippen LogP contribution >= 0.6 is 34.5 Å². The van der Waals surface area contributed by atoms with E-state index in [4.69, 9.17) is 34.7 Å². The van der Waals surface area contributed by atoms with Crippen molar-refractivity contribution < 1.29 is 9.90 Å². The van der Waals surface area contributed by atoms with Gasteiger partial charge in [0.25, 0.3) is 0 Å². The van der Waals surface area contributed by atoms with Crippen molar-refractivity contribution in [1.82, 2.24) is 4.57 Å². The molecule has 0 radical (unpaired) electrons. The number of hydrogen-bond acceptors (Lipinski definition) is 4. The van der Waals surface area contributed by atoms with Gasteiger partial charge in [0.1, 0.15) is 0 Å². The van der Waals surface area contributed by atoms with Crippen LogP contribution in [0.4, 0.5) is 11.4 Å². The molecule has 5 N–H and O–H groups in total. The Morgan fingerprint density at radius 2 is 1.73 bits per heavy atom. The standard InChI is InChI=1S/C25H19Cl2N3O2S/c26-17-7-21(27)25-16(12-33-23(25)8-17)11-30-10-15(6-24(31)32)20-2-1-13(5-22(20)30)14-3-18(28)9-19(29)4-14/h1-5,7-10,12H,6,11,28-29H2,(H,31,32). The molecule has 0 aliphatic heterocycles. The van der Waals surface area contributed by atoms with E-state index in [1.165, 1.54) is 0 Å². The largest absolute Gasteiger partial charge is 0.481 e. The fraction of sp³-hybridized carbons (Fsp3) is 0.0800. The van der Waals surface area contributed by atoms with E-state index in [-0.39, 0.29) is 6.42 Å². The predicted molar refractivity (Wildman–Crippen MR) is 138 cm³/mol. The summed E-state index contributed by atoms with van der Waals surface area (Å²) < 4.78 is 3.08. The van der Waals surface area contributed by atoms with Crippen molar-refractivity contribution in [3.8, 4) is 11.1 Å². The molecule has 5 aromatic rings. The van der Waals surface area contributed by atoms with E-state index >= 15 is 0 Å². The van der Waals surface area contributed by atoms with Gasteiger partial charge in [0.2, 0.25) is 0 Å². The molecule has 5 nitrogen and oxygen atoms in total. The lowest BCUT2D eigenvalue weighted by atomic mass is 10.0. The summed E-state index contributed by atoms with van der Waals surface area (Å²) in [4.78, 5) is 11.5. The van der Waals surface area contributed by atoms with E-state index in [0.717, 1.165) is 43.2 Å². The summed E-state index contributed by atoms with van der Waals surface area (Å²) in [7, 11) is 0. The van der Waals surface area contributed by atoms with Gasteiger partial charge in [-0.05, 0) is 64.0 Å². The number of nitrogens with zero attached hydrogens (tertiary/aromatic N) is 1. The van der Waals surface area contributed by atoms with Crippen LogP contribution in [0.5, 0.6) is 0 Å². The summed E-state index contributed by atoms with van der Waals surface area (Å²) in [6, 6.07) is 15.1. The van der Waals surface area contributed by atoms with Crippen LogP contribution in [-0.4, -0.2) is 15.6 Å². The predicted octanol–water partition coefficient (Wildman–Crippen LogP) is 6.67. The molecule has 0 amide bonds.